The topological polar surface area (TPSA) is 95.9 Å². The van der Waals surface area contributed by atoms with Crippen molar-refractivity contribution >= 4 is 29.7 Å². The lowest BCUT2D eigenvalue weighted by molar-refractivity contribution is -0.145. The minimum Gasteiger partial charge on any atom is -0.480 e. The van der Waals surface area contributed by atoms with Crippen molar-refractivity contribution in [2.24, 2.45) is 5.92 Å². The van der Waals surface area contributed by atoms with Crippen LogP contribution in [0.2, 0.25) is 0 Å². The molecule has 0 saturated heterocycles. The number of carboxylic acid groups (broad SMARTS) is 1. The molecule has 0 radical (unpaired) electrons. The zero-order valence-electron chi connectivity index (χ0n) is 18.5. The van der Waals surface area contributed by atoms with E-state index in [1.165, 1.54) is 16.7 Å². The number of rotatable bonds is 10. The minimum absolute atomic E-state index is 0.0172. The molecular weight excluding hydrogens is 440 g/mol. The van der Waals surface area contributed by atoms with Crippen LogP contribution in [0.3, 0.4) is 0 Å². The van der Waals surface area contributed by atoms with Gasteiger partial charge in [0.2, 0.25) is 5.91 Å². The van der Waals surface area contributed by atoms with Crippen molar-refractivity contribution < 1.29 is 24.2 Å². The molecular formula is C25H28N2O5S. The van der Waals surface area contributed by atoms with Crippen molar-refractivity contribution in [3.8, 4) is 11.1 Å². The van der Waals surface area contributed by atoms with Gasteiger partial charge < -0.3 is 20.1 Å². The van der Waals surface area contributed by atoms with Crippen LogP contribution in [0.4, 0.5) is 4.79 Å². The van der Waals surface area contributed by atoms with Gasteiger partial charge in [-0.25, -0.2) is 4.79 Å². The van der Waals surface area contributed by atoms with Gasteiger partial charge in [-0.3, -0.25) is 9.59 Å². The number of amides is 2. The first-order chi connectivity index (χ1) is 16.0. The van der Waals surface area contributed by atoms with E-state index >= 15 is 0 Å². The van der Waals surface area contributed by atoms with E-state index in [0.29, 0.717) is 12.3 Å². The van der Waals surface area contributed by atoms with E-state index in [-0.39, 0.29) is 30.9 Å². The van der Waals surface area contributed by atoms with Gasteiger partial charge in [0.15, 0.2) is 0 Å². The highest BCUT2D eigenvalue weighted by molar-refractivity contribution is 7.98. The molecule has 2 aliphatic carbocycles. The summed E-state index contributed by atoms with van der Waals surface area (Å²) in [6.07, 6.45) is 2.89. The van der Waals surface area contributed by atoms with E-state index < -0.39 is 18.1 Å². The van der Waals surface area contributed by atoms with E-state index in [1.807, 2.05) is 42.7 Å². The highest BCUT2D eigenvalue weighted by atomic mass is 32.2. The number of alkyl carbamates (subject to hydrolysis) is 1. The van der Waals surface area contributed by atoms with Gasteiger partial charge in [-0.1, -0.05) is 48.5 Å². The molecule has 0 heterocycles. The Bertz CT molecular complexity index is 993. The maximum atomic E-state index is 13.1. The number of carbonyl (C=O) groups is 3. The maximum absolute atomic E-state index is 13.1. The van der Waals surface area contributed by atoms with E-state index in [4.69, 9.17) is 4.74 Å². The number of nitrogens with one attached hydrogen (secondary N) is 1. The average Bonchev–Trinajstić information content (AvgIpc) is 3.61. The normalized spacial score (nSPS) is 15.3. The molecule has 1 atom stereocenters. The first-order valence-electron chi connectivity index (χ1n) is 11.1. The van der Waals surface area contributed by atoms with Gasteiger partial charge in [0.25, 0.3) is 0 Å². The fourth-order valence-electron chi connectivity index (χ4n) is 4.41. The molecule has 8 heteroatoms. The first kappa shape index (κ1) is 23.2. The lowest BCUT2D eigenvalue weighted by atomic mass is 9.98. The molecule has 2 aliphatic rings. The van der Waals surface area contributed by atoms with E-state index in [0.717, 1.165) is 35.1 Å². The number of aliphatic carboxylic acids is 1. The van der Waals surface area contributed by atoms with Crippen LogP contribution in [0.15, 0.2) is 48.5 Å². The predicted octanol–water partition coefficient (Wildman–Crippen LogP) is 3.58. The Balaban J connectivity index is 1.42. The number of carboxylic acids is 1. The summed E-state index contributed by atoms with van der Waals surface area (Å²) in [6, 6.07) is 15.4. The molecule has 33 heavy (non-hydrogen) atoms. The van der Waals surface area contributed by atoms with Gasteiger partial charge in [0.05, 0.1) is 0 Å². The summed E-state index contributed by atoms with van der Waals surface area (Å²) in [5, 5.41) is 11.9. The fourth-order valence-corrected chi connectivity index (χ4v) is 4.81. The molecule has 1 unspecified atom stereocenters. The SMILES string of the molecule is CSCCN(CC(=O)O)C(=O)C(NC(=O)OCC1c2ccccc2-c2ccccc21)C1CC1. The van der Waals surface area contributed by atoms with Crippen LogP contribution in [-0.2, 0) is 14.3 Å². The molecule has 2 amide bonds. The average molecular weight is 469 g/mol. The number of benzene rings is 2. The van der Waals surface area contributed by atoms with Crippen molar-refractivity contribution in [2.75, 3.05) is 31.7 Å². The second-order valence-corrected chi connectivity index (χ2v) is 9.42. The van der Waals surface area contributed by atoms with Gasteiger partial charge in [-0.2, -0.15) is 11.8 Å². The Morgan fingerprint density at radius 2 is 1.70 bits per heavy atom. The first-order valence-corrected chi connectivity index (χ1v) is 12.5. The molecule has 2 N–H and O–H groups in total. The maximum Gasteiger partial charge on any atom is 0.407 e. The molecule has 4 rings (SSSR count). The summed E-state index contributed by atoms with van der Waals surface area (Å²) in [7, 11) is 0. The van der Waals surface area contributed by atoms with E-state index in [2.05, 4.69) is 17.4 Å². The Hall–Kier alpha value is -3.00. The zero-order chi connectivity index (χ0) is 23.4. The summed E-state index contributed by atoms with van der Waals surface area (Å²) >= 11 is 1.54. The number of hydrogen-bond donors (Lipinski definition) is 2. The summed E-state index contributed by atoms with van der Waals surface area (Å²) in [5.74, 6) is -0.851. The highest BCUT2D eigenvalue weighted by Crippen LogP contribution is 2.44. The second-order valence-electron chi connectivity index (χ2n) is 8.43. The van der Waals surface area contributed by atoms with Gasteiger partial charge in [0.1, 0.15) is 19.2 Å². The standard InChI is InChI=1S/C25H28N2O5S/c1-33-13-12-27(14-22(28)29)24(30)23(16-10-11-16)26-25(31)32-15-21-19-8-4-2-6-17(19)18-7-3-5-9-20(18)21/h2-9,16,21,23H,10-15H2,1H3,(H,26,31)(H,28,29). The van der Waals surface area contributed by atoms with Gasteiger partial charge in [0, 0.05) is 18.2 Å². The molecule has 0 spiro atoms. The third-order valence-electron chi connectivity index (χ3n) is 6.18. The predicted molar refractivity (Wildman–Crippen MR) is 127 cm³/mol. The monoisotopic (exact) mass is 468 g/mol. The van der Waals surface area contributed by atoms with Crippen LogP contribution < -0.4 is 5.32 Å². The van der Waals surface area contributed by atoms with Crippen LogP contribution in [0.1, 0.15) is 29.9 Å². The Kier molecular flexibility index (Phi) is 7.23. The number of fused-ring (bicyclic) bond motifs is 3. The molecule has 2 aromatic rings. The Morgan fingerprint density at radius 1 is 1.09 bits per heavy atom. The largest absolute Gasteiger partial charge is 0.480 e. The number of nitrogens with zero attached hydrogens (tertiary/aromatic N) is 1. The molecule has 1 fully saturated rings. The molecule has 2 aromatic carbocycles. The Labute approximate surface area is 197 Å². The van der Waals surface area contributed by atoms with Crippen molar-refractivity contribution in [1.82, 2.24) is 10.2 Å². The summed E-state index contributed by atoms with van der Waals surface area (Å²) in [4.78, 5) is 38.3. The number of ether oxygens (including phenoxy) is 1. The van der Waals surface area contributed by atoms with E-state index in [9.17, 15) is 19.5 Å². The number of hydrogen-bond acceptors (Lipinski definition) is 5. The molecule has 0 aromatic heterocycles. The van der Waals surface area contributed by atoms with Crippen molar-refractivity contribution in [1.29, 1.82) is 0 Å². The van der Waals surface area contributed by atoms with Crippen molar-refractivity contribution in [2.45, 2.75) is 24.8 Å². The van der Waals surface area contributed by atoms with Gasteiger partial charge in [-0.15, -0.1) is 0 Å². The Morgan fingerprint density at radius 3 is 2.24 bits per heavy atom. The molecule has 174 valence electrons. The molecule has 7 nitrogen and oxygen atoms in total. The molecule has 0 bridgehead atoms. The number of thioether (sulfide) groups is 1. The molecule has 0 aliphatic heterocycles. The zero-order valence-corrected chi connectivity index (χ0v) is 19.3. The van der Waals surface area contributed by atoms with Gasteiger partial charge >= 0.3 is 12.1 Å². The van der Waals surface area contributed by atoms with Crippen LogP contribution >= 0.6 is 11.8 Å². The quantitative estimate of drug-likeness (QED) is 0.553. The minimum atomic E-state index is -1.07. The number of carbonyl (C=O) groups excluding carboxylic acids is 2. The van der Waals surface area contributed by atoms with Crippen molar-refractivity contribution in [3.05, 3.63) is 59.7 Å². The van der Waals surface area contributed by atoms with Crippen LogP contribution in [-0.4, -0.2) is 65.7 Å². The smallest absolute Gasteiger partial charge is 0.407 e. The second kappa shape index (κ2) is 10.3. The van der Waals surface area contributed by atoms with Crippen LogP contribution in [0, 0.1) is 5.92 Å². The highest BCUT2D eigenvalue weighted by Gasteiger charge is 2.40. The van der Waals surface area contributed by atoms with E-state index in [1.54, 1.807) is 0 Å². The summed E-state index contributed by atoms with van der Waals surface area (Å²) in [5.41, 5.74) is 4.52. The lowest BCUT2D eigenvalue weighted by Gasteiger charge is -2.26. The van der Waals surface area contributed by atoms with Crippen molar-refractivity contribution in [3.63, 3.8) is 0 Å². The summed E-state index contributed by atoms with van der Waals surface area (Å²) < 4.78 is 5.60. The van der Waals surface area contributed by atoms with Gasteiger partial charge in [-0.05, 0) is 47.3 Å². The van der Waals surface area contributed by atoms with Crippen LogP contribution in [0.5, 0.6) is 0 Å². The lowest BCUT2D eigenvalue weighted by Crippen LogP contribution is -2.51. The molecule has 1 saturated carbocycles. The summed E-state index contributed by atoms with van der Waals surface area (Å²) in [6.45, 7) is 0.105. The third-order valence-corrected chi connectivity index (χ3v) is 6.77. The van der Waals surface area contributed by atoms with Crippen LogP contribution in [0.25, 0.3) is 11.1 Å². The third kappa shape index (κ3) is 5.33. The fraction of sp³-hybridized carbons (Fsp3) is 0.400.